The maximum atomic E-state index is 4.52. The molecule has 6 heteroatoms. The summed E-state index contributed by atoms with van der Waals surface area (Å²) in [7, 11) is 0. The van der Waals surface area contributed by atoms with Crippen LogP contribution in [0.5, 0.6) is 0 Å². The number of rotatable bonds is 3. The molecular weight excluding hydrogens is 330 g/mol. The monoisotopic (exact) mass is 345 g/mol. The fourth-order valence-corrected chi connectivity index (χ4v) is 4.36. The number of thiazole rings is 1. The van der Waals surface area contributed by atoms with E-state index in [9.17, 15) is 0 Å². The van der Waals surface area contributed by atoms with Gasteiger partial charge in [0.05, 0.1) is 29.1 Å². The summed E-state index contributed by atoms with van der Waals surface area (Å²) >= 11 is 1.69. The summed E-state index contributed by atoms with van der Waals surface area (Å²) in [4.78, 5) is 12.8. The van der Waals surface area contributed by atoms with Crippen molar-refractivity contribution in [1.29, 1.82) is 0 Å². The highest BCUT2D eigenvalue weighted by Gasteiger charge is 2.37. The zero-order chi connectivity index (χ0) is 16.7. The second kappa shape index (κ2) is 5.53. The molecule has 0 fully saturated rings. The lowest BCUT2D eigenvalue weighted by Crippen LogP contribution is -2.29. The second-order valence-corrected chi connectivity index (χ2v) is 7.03. The van der Waals surface area contributed by atoms with Crippen LogP contribution in [0.2, 0.25) is 0 Å². The van der Waals surface area contributed by atoms with Crippen LogP contribution in [-0.4, -0.2) is 25.1 Å². The molecule has 0 saturated heterocycles. The Morgan fingerprint density at radius 3 is 2.76 bits per heavy atom. The first kappa shape index (κ1) is 14.4. The molecule has 5 nitrogen and oxygen atoms in total. The van der Waals surface area contributed by atoms with E-state index in [2.05, 4.69) is 61.6 Å². The summed E-state index contributed by atoms with van der Waals surface area (Å²) in [6.45, 7) is 0. The minimum atomic E-state index is -0.215. The number of imidazole rings is 1. The van der Waals surface area contributed by atoms with Gasteiger partial charge >= 0.3 is 0 Å². The molecule has 1 unspecified atom stereocenters. The van der Waals surface area contributed by atoms with Crippen molar-refractivity contribution in [2.24, 2.45) is 0 Å². The molecule has 4 aromatic rings. The Morgan fingerprint density at radius 1 is 1.08 bits per heavy atom. The molecule has 0 aliphatic heterocycles. The van der Waals surface area contributed by atoms with Crippen LogP contribution in [0.4, 0.5) is 0 Å². The lowest BCUT2D eigenvalue weighted by Gasteiger charge is -2.32. The van der Waals surface area contributed by atoms with E-state index in [1.54, 1.807) is 23.9 Å². The number of benzene rings is 1. The molecule has 2 N–H and O–H groups in total. The van der Waals surface area contributed by atoms with Gasteiger partial charge in [0.1, 0.15) is 5.69 Å². The van der Waals surface area contributed by atoms with Gasteiger partial charge in [0.15, 0.2) is 0 Å². The molecule has 3 aromatic heterocycles. The minimum Gasteiger partial charge on any atom is -0.343 e. The molecule has 0 bridgehead atoms. The first-order valence-electron chi connectivity index (χ1n) is 8.06. The van der Waals surface area contributed by atoms with E-state index in [0.29, 0.717) is 0 Å². The molecule has 25 heavy (non-hydrogen) atoms. The third kappa shape index (κ3) is 2.18. The van der Waals surface area contributed by atoms with Crippen LogP contribution in [0.1, 0.15) is 21.7 Å². The van der Waals surface area contributed by atoms with Crippen molar-refractivity contribution in [1.82, 2.24) is 25.1 Å². The zero-order valence-corrected chi connectivity index (χ0v) is 14.1. The Hall–Kier alpha value is -2.99. The van der Waals surface area contributed by atoms with Crippen LogP contribution in [0.25, 0.3) is 17.5 Å². The molecule has 0 amide bonds. The van der Waals surface area contributed by atoms with E-state index < -0.39 is 0 Å². The number of hydrogen-bond acceptors (Lipinski definition) is 4. The minimum absolute atomic E-state index is 0.215. The highest BCUT2D eigenvalue weighted by atomic mass is 32.1. The molecule has 3 heterocycles. The third-order valence-electron chi connectivity index (χ3n) is 4.79. The van der Waals surface area contributed by atoms with Crippen LogP contribution < -0.4 is 0 Å². The van der Waals surface area contributed by atoms with Crippen LogP contribution in [-0.2, 0) is 11.8 Å². The van der Waals surface area contributed by atoms with Crippen molar-refractivity contribution in [3.05, 3.63) is 82.3 Å². The molecule has 1 aromatic carbocycles. The fourth-order valence-electron chi connectivity index (χ4n) is 3.54. The first-order valence-corrected chi connectivity index (χ1v) is 8.94. The number of fused-ring (bicyclic) bond motifs is 1. The van der Waals surface area contributed by atoms with Crippen molar-refractivity contribution in [2.45, 2.75) is 11.8 Å². The normalized spacial score (nSPS) is 19.0. The maximum absolute atomic E-state index is 4.52. The molecule has 0 radical (unpaired) electrons. The van der Waals surface area contributed by atoms with Gasteiger partial charge < -0.3 is 4.98 Å². The van der Waals surface area contributed by atoms with Gasteiger partial charge in [-0.25, -0.2) is 4.98 Å². The lowest BCUT2D eigenvalue weighted by atomic mass is 9.72. The van der Waals surface area contributed by atoms with Crippen molar-refractivity contribution < 1.29 is 0 Å². The Morgan fingerprint density at radius 2 is 2.00 bits per heavy atom. The van der Waals surface area contributed by atoms with Crippen molar-refractivity contribution in [3.8, 4) is 11.4 Å². The molecule has 1 aliphatic carbocycles. The Balaban J connectivity index is 1.66. The summed E-state index contributed by atoms with van der Waals surface area (Å²) in [6.07, 6.45) is 10.7. The summed E-state index contributed by atoms with van der Waals surface area (Å²) in [6, 6.07) is 10.6. The molecule has 1 aliphatic rings. The van der Waals surface area contributed by atoms with Crippen LogP contribution in [0, 0.1) is 0 Å². The predicted octanol–water partition coefficient (Wildman–Crippen LogP) is 3.81. The van der Waals surface area contributed by atoms with Gasteiger partial charge in [-0.15, -0.1) is 11.3 Å². The van der Waals surface area contributed by atoms with E-state index in [0.717, 1.165) is 29.1 Å². The average molecular weight is 345 g/mol. The van der Waals surface area contributed by atoms with Crippen molar-refractivity contribution in [3.63, 3.8) is 0 Å². The molecule has 5 rings (SSSR count). The highest BCUT2D eigenvalue weighted by molar-refractivity contribution is 7.09. The zero-order valence-electron chi connectivity index (χ0n) is 13.3. The van der Waals surface area contributed by atoms with Gasteiger partial charge in [0.25, 0.3) is 0 Å². The lowest BCUT2D eigenvalue weighted by molar-refractivity contribution is 0.631. The predicted molar refractivity (Wildman–Crippen MR) is 98.2 cm³/mol. The van der Waals surface area contributed by atoms with Gasteiger partial charge in [-0.1, -0.05) is 42.5 Å². The highest BCUT2D eigenvalue weighted by Crippen LogP contribution is 2.43. The number of aromatic nitrogens is 5. The molecule has 1 atom stereocenters. The van der Waals surface area contributed by atoms with Gasteiger partial charge in [-0.05, 0) is 5.56 Å². The Kier molecular flexibility index (Phi) is 3.18. The quantitative estimate of drug-likeness (QED) is 0.593. The first-order chi connectivity index (χ1) is 12.4. The smallest absolute Gasteiger partial charge is 0.117 e. The number of nitrogens with zero attached hydrogens (tertiary/aromatic N) is 3. The Labute approximate surface area is 148 Å². The van der Waals surface area contributed by atoms with E-state index in [1.165, 1.54) is 10.4 Å². The van der Waals surface area contributed by atoms with Crippen molar-refractivity contribution >= 4 is 17.4 Å². The van der Waals surface area contributed by atoms with Crippen LogP contribution >= 0.6 is 11.3 Å². The SMILES string of the molecule is C1=CC(c2ccccc2)(c2cncs2)Cc2[nH]nc(-c3cnc[nH]3)c21. The Bertz CT molecular complexity index is 1020. The summed E-state index contributed by atoms with van der Waals surface area (Å²) < 4.78 is 0. The van der Waals surface area contributed by atoms with Crippen molar-refractivity contribution in [2.75, 3.05) is 0 Å². The average Bonchev–Trinajstić information content (AvgIpc) is 3.42. The number of H-pyrrole nitrogens is 2. The molecule has 0 saturated carbocycles. The van der Waals surface area contributed by atoms with Gasteiger partial charge in [0, 0.05) is 28.8 Å². The molecule has 122 valence electrons. The third-order valence-corrected chi connectivity index (χ3v) is 5.74. The number of allylic oxidation sites excluding steroid dienone is 1. The number of nitrogens with one attached hydrogen (secondary N) is 2. The van der Waals surface area contributed by atoms with E-state index in [-0.39, 0.29) is 5.41 Å². The number of hydrogen-bond donors (Lipinski definition) is 2. The standard InChI is InChI=1S/C19H15N5S/c1-2-4-13(5-3-1)19(17-10-21-12-25-17)7-6-14-15(8-19)23-24-18(14)16-9-20-11-22-16/h1-7,9-12H,8H2,(H,20,22)(H,23,24). The van der Waals surface area contributed by atoms with Crippen LogP contribution in [0.3, 0.4) is 0 Å². The summed E-state index contributed by atoms with van der Waals surface area (Å²) in [5, 5.41) is 7.76. The van der Waals surface area contributed by atoms with E-state index in [1.807, 2.05) is 17.8 Å². The fraction of sp³-hybridized carbons (Fsp3) is 0.105. The topological polar surface area (TPSA) is 70.2 Å². The van der Waals surface area contributed by atoms with Crippen LogP contribution in [0.15, 0.2) is 60.6 Å². The van der Waals surface area contributed by atoms with Gasteiger partial charge in [0.2, 0.25) is 0 Å². The maximum Gasteiger partial charge on any atom is 0.117 e. The summed E-state index contributed by atoms with van der Waals surface area (Å²) in [5.74, 6) is 0. The van der Waals surface area contributed by atoms with E-state index >= 15 is 0 Å². The van der Waals surface area contributed by atoms with Gasteiger partial charge in [-0.2, -0.15) is 5.10 Å². The van der Waals surface area contributed by atoms with Gasteiger partial charge in [-0.3, -0.25) is 10.1 Å². The molecular formula is C19H15N5S. The van der Waals surface area contributed by atoms with E-state index in [4.69, 9.17) is 0 Å². The molecule has 0 spiro atoms. The number of aromatic amines is 2. The summed E-state index contributed by atoms with van der Waals surface area (Å²) in [5.41, 5.74) is 7.03. The largest absolute Gasteiger partial charge is 0.343 e. The second-order valence-electron chi connectivity index (χ2n) is 6.14.